The maximum Gasteiger partial charge on any atom is 0.254 e. The van der Waals surface area contributed by atoms with Crippen molar-refractivity contribution >= 4 is 28.9 Å². The fourth-order valence-corrected chi connectivity index (χ4v) is 2.43. The minimum atomic E-state index is -0.634. The molecule has 0 aliphatic heterocycles. The number of amides is 2. The molecule has 0 aromatic heterocycles. The molecule has 6 heteroatoms. The van der Waals surface area contributed by atoms with Crippen molar-refractivity contribution in [2.45, 2.75) is 0 Å². The Hall–Kier alpha value is -3.67. The van der Waals surface area contributed by atoms with Gasteiger partial charge in [0.05, 0.1) is 12.1 Å². The van der Waals surface area contributed by atoms with E-state index in [1.54, 1.807) is 18.2 Å². The van der Waals surface area contributed by atoms with Gasteiger partial charge in [0.15, 0.2) is 0 Å². The maximum absolute atomic E-state index is 13.5. The van der Waals surface area contributed by atoms with Crippen LogP contribution in [0.3, 0.4) is 0 Å². The number of hydrogen-bond donors (Lipinski definition) is 3. The van der Waals surface area contributed by atoms with Crippen LogP contribution in [0.4, 0.5) is 21.5 Å². The number of carbonyl (C=O) groups excluding carboxylic acids is 2. The first kappa shape index (κ1) is 18.1. The van der Waals surface area contributed by atoms with Crippen LogP contribution in [-0.2, 0) is 4.79 Å². The van der Waals surface area contributed by atoms with Crippen molar-refractivity contribution in [2.75, 3.05) is 17.2 Å². The Morgan fingerprint density at radius 3 is 2.04 bits per heavy atom. The lowest BCUT2D eigenvalue weighted by Crippen LogP contribution is -2.33. The lowest BCUT2D eigenvalue weighted by molar-refractivity contribution is -0.115. The summed E-state index contributed by atoms with van der Waals surface area (Å²) in [5, 5.41) is 8.32. The summed E-state index contributed by atoms with van der Waals surface area (Å²) in [6.07, 6.45) is 0. The Labute approximate surface area is 156 Å². The third kappa shape index (κ3) is 5.15. The van der Waals surface area contributed by atoms with Crippen molar-refractivity contribution in [1.82, 2.24) is 5.32 Å². The van der Waals surface area contributed by atoms with Crippen LogP contribution >= 0.6 is 0 Å². The van der Waals surface area contributed by atoms with E-state index in [4.69, 9.17) is 0 Å². The Morgan fingerprint density at radius 2 is 1.33 bits per heavy atom. The number of halogens is 1. The van der Waals surface area contributed by atoms with Gasteiger partial charge in [-0.15, -0.1) is 0 Å². The van der Waals surface area contributed by atoms with Crippen LogP contribution in [-0.4, -0.2) is 18.4 Å². The zero-order valence-corrected chi connectivity index (χ0v) is 14.4. The molecule has 136 valence electrons. The molecule has 2 amide bonds. The number of nitrogens with one attached hydrogen (secondary N) is 3. The summed E-state index contributed by atoms with van der Waals surface area (Å²) in [6, 6.07) is 22.5. The highest BCUT2D eigenvalue weighted by Gasteiger charge is 2.12. The van der Waals surface area contributed by atoms with Crippen LogP contribution in [0.25, 0.3) is 0 Å². The molecule has 0 heterocycles. The van der Waals surface area contributed by atoms with E-state index in [0.29, 0.717) is 5.69 Å². The van der Waals surface area contributed by atoms with E-state index in [-0.39, 0.29) is 12.1 Å². The summed E-state index contributed by atoms with van der Waals surface area (Å²) in [6.45, 7) is -0.253. The zero-order chi connectivity index (χ0) is 19.1. The summed E-state index contributed by atoms with van der Waals surface area (Å²) >= 11 is 0. The van der Waals surface area contributed by atoms with E-state index in [1.165, 1.54) is 18.2 Å². The summed E-state index contributed by atoms with van der Waals surface area (Å²) in [5.74, 6) is -1.66. The van der Waals surface area contributed by atoms with Gasteiger partial charge in [-0.05, 0) is 48.5 Å². The Balaban J connectivity index is 1.50. The second kappa shape index (κ2) is 8.62. The summed E-state index contributed by atoms with van der Waals surface area (Å²) in [4.78, 5) is 23.9. The molecule has 3 N–H and O–H groups in total. The molecule has 3 rings (SSSR count). The molecular formula is C21H18FN3O2. The van der Waals surface area contributed by atoms with E-state index in [0.717, 1.165) is 11.4 Å². The van der Waals surface area contributed by atoms with E-state index < -0.39 is 17.6 Å². The molecule has 0 bridgehead atoms. The predicted molar refractivity (Wildman–Crippen MR) is 104 cm³/mol. The van der Waals surface area contributed by atoms with Gasteiger partial charge in [0.1, 0.15) is 5.82 Å². The number of rotatable bonds is 6. The highest BCUT2D eigenvalue weighted by Crippen LogP contribution is 2.18. The standard InChI is InChI=1S/C21H18FN3O2/c22-19-9-5-4-8-18(19)21(27)23-14-20(26)25-17-12-10-16(11-13-17)24-15-6-2-1-3-7-15/h1-13,24H,14H2,(H,23,27)(H,25,26). The molecule has 0 spiro atoms. The average molecular weight is 363 g/mol. The normalized spacial score (nSPS) is 10.1. The molecule has 0 atom stereocenters. The Bertz CT molecular complexity index is 928. The van der Waals surface area contributed by atoms with Crippen LogP contribution < -0.4 is 16.0 Å². The second-order valence-electron chi connectivity index (χ2n) is 5.78. The molecule has 0 fully saturated rings. The van der Waals surface area contributed by atoms with Gasteiger partial charge in [-0.2, -0.15) is 0 Å². The topological polar surface area (TPSA) is 70.2 Å². The van der Waals surface area contributed by atoms with E-state index in [1.807, 2.05) is 42.5 Å². The van der Waals surface area contributed by atoms with Gasteiger partial charge >= 0.3 is 0 Å². The first-order chi connectivity index (χ1) is 13.1. The van der Waals surface area contributed by atoms with Crippen LogP contribution in [0.15, 0.2) is 78.9 Å². The summed E-state index contributed by atoms with van der Waals surface area (Å²) in [5.41, 5.74) is 2.34. The van der Waals surface area contributed by atoms with Gasteiger partial charge in [-0.25, -0.2) is 4.39 Å². The molecule has 0 aliphatic carbocycles. The zero-order valence-electron chi connectivity index (χ0n) is 14.4. The first-order valence-corrected chi connectivity index (χ1v) is 8.36. The van der Waals surface area contributed by atoms with Crippen molar-refractivity contribution in [3.8, 4) is 0 Å². The van der Waals surface area contributed by atoms with E-state index in [9.17, 15) is 14.0 Å². The van der Waals surface area contributed by atoms with Crippen LogP contribution in [0, 0.1) is 5.82 Å². The number of anilines is 3. The van der Waals surface area contributed by atoms with Crippen molar-refractivity contribution in [2.24, 2.45) is 0 Å². The molecule has 0 radical (unpaired) electrons. The van der Waals surface area contributed by atoms with Gasteiger partial charge in [0.25, 0.3) is 5.91 Å². The smallest absolute Gasteiger partial charge is 0.254 e. The maximum atomic E-state index is 13.5. The van der Waals surface area contributed by atoms with Gasteiger partial charge < -0.3 is 16.0 Å². The number of hydrogen-bond acceptors (Lipinski definition) is 3. The largest absolute Gasteiger partial charge is 0.356 e. The molecule has 0 aliphatic rings. The molecule has 5 nitrogen and oxygen atoms in total. The number of carbonyl (C=O) groups is 2. The fraction of sp³-hybridized carbons (Fsp3) is 0.0476. The molecular weight excluding hydrogens is 345 g/mol. The highest BCUT2D eigenvalue weighted by atomic mass is 19.1. The van der Waals surface area contributed by atoms with E-state index >= 15 is 0 Å². The van der Waals surface area contributed by atoms with Crippen molar-refractivity contribution in [3.05, 3.63) is 90.2 Å². The molecule has 3 aromatic rings. The van der Waals surface area contributed by atoms with Crippen LogP contribution in [0.5, 0.6) is 0 Å². The SMILES string of the molecule is O=C(CNC(=O)c1ccccc1F)Nc1ccc(Nc2ccccc2)cc1. The van der Waals surface area contributed by atoms with Gasteiger partial charge in [0.2, 0.25) is 5.91 Å². The Morgan fingerprint density at radius 1 is 0.741 bits per heavy atom. The van der Waals surface area contributed by atoms with Gasteiger partial charge in [-0.1, -0.05) is 30.3 Å². The second-order valence-corrected chi connectivity index (χ2v) is 5.78. The summed E-state index contributed by atoms with van der Waals surface area (Å²) in [7, 11) is 0. The summed E-state index contributed by atoms with van der Waals surface area (Å²) < 4.78 is 13.5. The first-order valence-electron chi connectivity index (χ1n) is 8.36. The molecule has 3 aromatic carbocycles. The number of para-hydroxylation sites is 1. The Kier molecular flexibility index (Phi) is 5.79. The minimum Gasteiger partial charge on any atom is -0.356 e. The van der Waals surface area contributed by atoms with Gasteiger partial charge in [-0.3, -0.25) is 9.59 Å². The van der Waals surface area contributed by atoms with Crippen LogP contribution in [0.2, 0.25) is 0 Å². The molecule has 0 saturated heterocycles. The molecule has 27 heavy (non-hydrogen) atoms. The van der Waals surface area contributed by atoms with Crippen LogP contribution in [0.1, 0.15) is 10.4 Å². The van der Waals surface area contributed by atoms with Gasteiger partial charge in [0, 0.05) is 17.1 Å². The lowest BCUT2D eigenvalue weighted by atomic mass is 10.2. The molecule has 0 saturated carbocycles. The minimum absolute atomic E-state index is 0.0957. The van der Waals surface area contributed by atoms with E-state index in [2.05, 4.69) is 16.0 Å². The fourth-order valence-electron chi connectivity index (χ4n) is 2.43. The highest BCUT2D eigenvalue weighted by molar-refractivity contribution is 5.99. The molecule has 0 unspecified atom stereocenters. The predicted octanol–water partition coefficient (Wildman–Crippen LogP) is 3.94. The quantitative estimate of drug-likeness (QED) is 0.621. The number of benzene rings is 3. The van der Waals surface area contributed by atoms with Crippen molar-refractivity contribution < 1.29 is 14.0 Å². The third-order valence-corrected chi connectivity index (χ3v) is 3.76. The van der Waals surface area contributed by atoms with Crippen molar-refractivity contribution in [3.63, 3.8) is 0 Å². The average Bonchev–Trinajstić information content (AvgIpc) is 2.69. The lowest BCUT2D eigenvalue weighted by Gasteiger charge is -2.09. The monoisotopic (exact) mass is 363 g/mol. The van der Waals surface area contributed by atoms with Crippen molar-refractivity contribution in [1.29, 1.82) is 0 Å². The third-order valence-electron chi connectivity index (χ3n) is 3.76.